The van der Waals surface area contributed by atoms with Crippen LogP contribution in [0.4, 0.5) is 13.2 Å². The number of halogens is 3. The highest BCUT2D eigenvalue weighted by Gasteiger charge is 2.35. The maximum absolute atomic E-state index is 12.9. The lowest BCUT2D eigenvalue weighted by Crippen LogP contribution is -2.45. The number of carbonyl (C=O) groups is 1. The first-order chi connectivity index (χ1) is 14.0. The Bertz CT molecular complexity index is 837. The van der Waals surface area contributed by atoms with E-state index in [2.05, 4.69) is 0 Å². The number of hydrogen-bond acceptors (Lipinski definition) is 5. The maximum atomic E-state index is 12.9. The lowest BCUT2D eigenvalue weighted by molar-refractivity contribution is -0.148. The zero-order chi connectivity index (χ0) is 22.5. The second-order valence-corrected chi connectivity index (χ2v) is 8.92. The largest absolute Gasteiger partial charge is 0.493 e. The average Bonchev–Trinajstić information content (AvgIpc) is 2.72. The summed E-state index contributed by atoms with van der Waals surface area (Å²) in [4.78, 5) is 13.8. The molecule has 1 aliphatic rings. The summed E-state index contributed by atoms with van der Waals surface area (Å²) in [5.74, 6) is -0.161. The highest BCUT2D eigenvalue weighted by molar-refractivity contribution is 7.89. The predicted octanol–water partition coefficient (Wildman–Crippen LogP) is 2.91. The lowest BCUT2D eigenvalue weighted by Gasteiger charge is -2.33. The molecule has 0 bridgehead atoms. The molecule has 1 aromatic carbocycles. The summed E-state index contributed by atoms with van der Waals surface area (Å²) < 4.78 is 74.9. The van der Waals surface area contributed by atoms with Gasteiger partial charge in [-0.05, 0) is 31.9 Å². The van der Waals surface area contributed by atoms with E-state index < -0.39 is 28.5 Å². The molecule has 0 aromatic heterocycles. The average molecular weight is 452 g/mol. The zero-order valence-electron chi connectivity index (χ0n) is 17.2. The van der Waals surface area contributed by atoms with E-state index in [0.29, 0.717) is 5.75 Å². The molecule has 0 aliphatic carbocycles. The van der Waals surface area contributed by atoms with Gasteiger partial charge in [-0.15, -0.1) is 0 Å². The van der Waals surface area contributed by atoms with E-state index in [-0.39, 0.29) is 55.6 Å². The fourth-order valence-corrected chi connectivity index (χ4v) is 4.90. The minimum absolute atomic E-state index is 0.0466. The molecule has 1 fully saturated rings. The minimum Gasteiger partial charge on any atom is -0.493 e. The lowest BCUT2D eigenvalue weighted by atomic mass is 9.96. The van der Waals surface area contributed by atoms with Crippen LogP contribution in [0.5, 0.6) is 11.5 Å². The van der Waals surface area contributed by atoms with E-state index in [9.17, 15) is 26.4 Å². The molecular weight excluding hydrogens is 425 g/mol. The SMILES string of the molecule is CCN(CCC(F)(F)F)C(=O)C1CCN(S(=O)(=O)c2ccc(OC)c(OC)c2)CC1. The van der Waals surface area contributed by atoms with Gasteiger partial charge < -0.3 is 14.4 Å². The van der Waals surface area contributed by atoms with Crippen LogP contribution >= 0.6 is 0 Å². The second kappa shape index (κ2) is 9.86. The molecule has 0 spiro atoms. The van der Waals surface area contributed by atoms with Gasteiger partial charge in [0.05, 0.1) is 25.5 Å². The number of benzene rings is 1. The smallest absolute Gasteiger partial charge is 0.390 e. The standard InChI is InChI=1S/C19H27F3N2O5S/c1-4-23(12-9-19(20,21)22)18(25)14-7-10-24(11-8-14)30(26,27)15-5-6-16(28-2)17(13-15)29-3/h5-6,13-14H,4,7-12H2,1-3H3. The van der Waals surface area contributed by atoms with Crippen molar-refractivity contribution in [1.82, 2.24) is 9.21 Å². The van der Waals surface area contributed by atoms with Gasteiger partial charge in [-0.1, -0.05) is 0 Å². The van der Waals surface area contributed by atoms with Crippen molar-refractivity contribution in [3.05, 3.63) is 18.2 Å². The van der Waals surface area contributed by atoms with Crippen LogP contribution in [0.25, 0.3) is 0 Å². The third-order valence-electron chi connectivity index (χ3n) is 5.15. The summed E-state index contributed by atoms with van der Waals surface area (Å²) in [6.07, 6.45) is -4.87. The van der Waals surface area contributed by atoms with E-state index in [4.69, 9.17) is 9.47 Å². The molecule has 1 aliphatic heterocycles. The molecule has 0 saturated carbocycles. The number of ether oxygens (including phenoxy) is 2. The van der Waals surface area contributed by atoms with Crippen LogP contribution in [0.3, 0.4) is 0 Å². The topological polar surface area (TPSA) is 76.2 Å². The molecule has 1 saturated heterocycles. The van der Waals surface area contributed by atoms with Gasteiger partial charge in [0.15, 0.2) is 11.5 Å². The Morgan fingerprint density at radius 1 is 1.17 bits per heavy atom. The number of methoxy groups -OCH3 is 2. The molecule has 1 amide bonds. The summed E-state index contributed by atoms with van der Waals surface area (Å²) in [5, 5.41) is 0. The van der Waals surface area contributed by atoms with Gasteiger partial charge in [0, 0.05) is 38.2 Å². The van der Waals surface area contributed by atoms with Crippen LogP contribution in [0.2, 0.25) is 0 Å². The second-order valence-electron chi connectivity index (χ2n) is 6.98. The van der Waals surface area contributed by atoms with Crippen molar-refractivity contribution in [1.29, 1.82) is 0 Å². The Balaban J connectivity index is 2.04. The molecular formula is C19H27F3N2O5S. The Kier molecular flexibility index (Phi) is 7.98. The number of amides is 1. The number of alkyl halides is 3. The van der Waals surface area contributed by atoms with E-state index in [0.717, 1.165) is 0 Å². The van der Waals surface area contributed by atoms with Gasteiger partial charge in [-0.3, -0.25) is 4.79 Å². The normalized spacial score (nSPS) is 16.3. The fourth-order valence-electron chi connectivity index (χ4n) is 3.41. The van der Waals surface area contributed by atoms with Crippen LogP contribution in [0.15, 0.2) is 23.1 Å². The summed E-state index contributed by atoms with van der Waals surface area (Å²) >= 11 is 0. The highest BCUT2D eigenvalue weighted by atomic mass is 32.2. The van der Waals surface area contributed by atoms with Crippen LogP contribution in [0.1, 0.15) is 26.2 Å². The molecule has 0 N–H and O–H groups in total. The highest BCUT2D eigenvalue weighted by Crippen LogP contribution is 2.32. The van der Waals surface area contributed by atoms with Crippen molar-refractivity contribution < 1.29 is 35.9 Å². The Hall–Kier alpha value is -2.01. The van der Waals surface area contributed by atoms with E-state index >= 15 is 0 Å². The molecule has 7 nitrogen and oxygen atoms in total. The first kappa shape index (κ1) is 24.3. The van der Waals surface area contributed by atoms with Crippen LogP contribution in [0, 0.1) is 5.92 Å². The van der Waals surface area contributed by atoms with Crippen LogP contribution in [-0.4, -0.2) is 70.1 Å². The third-order valence-corrected chi connectivity index (χ3v) is 7.05. The van der Waals surface area contributed by atoms with Crippen LogP contribution < -0.4 is 9.47 Å². The van der Waals surface area contributed by atoms with Crippen molar-refractivity contribution in [2.24, 2.45) is 5.92 Å². The Morgan fingerprint density at radius 3 is 2.27 bits per heavy atom. The number of rotatable bonds is 8. The van der Waals surface area contributed by atoms with Crippen molar-refractivity contribution in [3.8, 4) is 11.5 Å². The molecule has 1 aromatic rings. The predicted molar refractivity (Wildman–Crippen MR) is 104 cm³/mol. The number of hydrogen-bond donors (Lipinski definition) is 0. The van der Waals surface area contributed by atoms with Gasteiger partial charge >= 0.3 is 6.18 Å². The molecule has 2 rings (SSSR count). The van der Waals surface area contributed by atoms with Crippen molar-refractivity contribution in [3.63, 3.8) is 0 Å². The summed E-state index contributed by atoms with van der Waals surface area (Å²) in [7, 11) is -0.947. The van der Waals surface area contributed by atoms with Crippen molar-refractivity contribution >= 4 is 15.9 Å². The van der Waals surface area contributed by atoms with E-state index in [1.165, 1.54) is 41.6 Å². The number of sulfonamides is 1. The Labute approximate surface area is 174 Å². The quantitative estimate of drug-likeness (QED) is 0.606. The third kappa shape index (κ3) is 5.78. The van der Waals surface area contributed by atoms with E-state index in [1.54, 1.807) is 6.92 Å². The maximum Gasteiger partial charge on any atom is 0.390 e. The number of carbonyl (C=O) groups excluding carboxylic acids is 1. The zero-order valence-corrected chi connectivity index (χ0v) is 18.1. The summed E-state index contributed by atoms with van der Waals surface area (Å²) in [6, 6.07) is 4.30. The molecule has 0 atom stereocenters. The minimum atomic E-state index is -4.33. The summed E-state index contributed by atoms with van der Waals surface area (Å²) in [5.41, 5.74) is 0. The summed E-state index contributed by atoms with van der Waals surface area (Å²) in [6.45, 7) is 1.65. The number of piperidine rings is 1. The van der Waals surface area contributed by atoms with Gasteiger partial charge in [0.2, 0.25) is 15.9 Å². The fraction of sp³-hybridized carbons (Fsp3) is 0.632. The van der Waals surface area contributed by atoms with Gasteiger partial charge in [0.1, 0.15) is 0 Å². The van der Waals surface area contributed by atoms with E-state index in [1.807, 2.05) is 0 Å². The number of nitrogens with zero attached hydrogens (tertiary/aromatic N) is 2. The molecule has 1 heterocycles. The first-order valence-electron chi connectivity index (χ1n) is 9.61. The first-order valence-corrected chi connectivity index (χ1v) is 11.0. The van der Waals surface area contributed by atoms with Crippen LogP contribution in [-0.2, 0) is 14.8 Å². The van der Waals surface area contributed by atoms with Crippen molar-refractivity contribution in [2.75, 3.05) is 40.4 Å². The van der Waals surface area contributed by atoms with Gasteiger partial charge in [0.25, 0.3) is 0 Å². The molecule has 0 unspecified atom stereocenters. The Morgan fingerprint density at radius 2 is 1.77 bits per heavy atom. The molecule has 30 heavy (non-hydrogen) atoms. The molecule has 11 heteroatoms. The van der Waals surface area contributed by atoms with Gasteiger partial charge in [-0.25, -0.2) is 8.42 Å². The molecule has 170 valence electrons. The molecule has 0 radical (unpaired) electrons. The van der Waals surface area contributed by atoms with Gasteiger partial charge in [-0.2, -0.15) is 17.5 Å². The monoisotopic (exact) mass is 452 g/mol. The van der Waals surface area contributed by atoms with Crippen molar-refractivity contribution in [2.45, 2.75) is 37.3 Å².